The summed E-state index contributed by atoms with van der Waals surface area (Å²) < 4.78 is 25.6. The van der Waals surface area contributed by atoms with Gasteiger partial charge in [0.1, 0.15) is 0 Å². The molecule has 0 atom stereocenters. The van der Waals surface area contributed by atoms with Gasteiger partial charge in [0.2, 0.25) is 0 Å². The van der Waals surface area contributed by atoms with Crippen molar-refractivity contribution in [3.05, 3.63) is 59.7 Å². The van der Waals surface area contributed by atoms with Crippen LogP contribution in [0.4, 0.5) is 11.4 Å². The summed E-state index contributed by atoms with van der Waals surface area (Å²) in [5.41, 5.74) is 5.29. The predicted molar refractivity (Wildman–Crippen MR) is 115 cm³/mol. The second-order valence-electron chi connectivity index (χ2n) is 6.95. The van der Waals surface area contributed by atoms with Crippen molar-refractivity contribution >= 4 is 19.1 Å². The third kappa shape index (κ3) is 4.66. The summed E-state index contributed by atoms with van der Waals surface area (Å²) in [7, 11) is -1.39. The summed E-state index contributed by atoms with van der Waals surface area (Å²) in [6.45, 7) is 5.90. The minimum atomic E-state index is -3.21. The Hall–Kier alpha value is -1.65. The highest BCUT2D eigenvalue weighted by molar-refractivity contribution is 7.51. The van der Waals surface area contributed by atoms with Gasteiger partial charge in [0.05, 0.1) is 13.2 Å². The van der Waals surface area contributed by atoms with E-state index in [2.05, 4.69) is 53.4 Å². The molecule has 2 aromatic carbocycles. The van der Waals surface area contributed by atoms with Crippen molar-refractivity contribution in [2.24, 2.45) is 0 Å². The zero-order valence-corrected chi connectivity index (χ0v) is 18.0. The van der Waals surface area contributed by atoms with E-state index >= 15 is 0 Å². The molecular formula is C22H31N2O3P. The molecule has 0 fully saturated rings. The van der Waals surface area contributed by atoms with E-state index in [0.717, 1.165) is 25.8 Å². The first-order valence-corrected chi connectivity index (χ1v) is 11.6. The molecule has 0 radical (unpaired) electrons. The zero-order valence-electron chi connectivity index (χ0n) is 17.1. The lowest BCUT2D eigenvalue weighted by molar-refractivity contribution is 0.176. The van der Waals surface area contributed by atoms with E-state index in [-0.39, 0.29) is 0 Å². The van der Waals surface area contributed by atoms with Crippen molar-refractivity contribution in [3.63, 3.8) is 0 Å². The van der Waals surface area contributed by atoms with Crippen molar-refractivity contribution in [1.29, 1.82) is 0 Å². The number of fused-ring (bicyclic) bond motifs is 2. The molecular weight excluding hydrogens is 371 g/mol. The lowest BCUT2D eigenvalue weighted by Gasteiger charge is -2.29. The lowest BCUT2D eigenvalue weighted by Crippen LogP contribution is -2.25. The van der Waals surface area contributed by atoms with E-state index in [0.29, 0.717) is 19.8 Å². The van der Waals surface area contributed by atoms with Crippen LogP contribution in [0.25, 0.3) is 0 Å². The number of hydrogen-bond acceptors (Lipinski definition) is 4. The molecule has 0 amide bonds. The highest BCUT2D eigenvalue weighted by Gasteiger charge is 2.29. The van der Waals surface area contributed by atoms with Gasteiger partial charge in [-0.05, 0) is 63.4 Å². The number of nitrogens with zero attached hydrogens (tertiary/aromatic N) is 2. The largest absolute Gasteiger partial charge is 0.407 e. The Balaban J connectivity index is 1.76. The van der Waals surface area contributed by atoms with Gasteiger partial charge < -0.3 is 4.90 Å². The van der Waals surface area contributed by atoms with Crippen LogP contribution >= 0.6 is 7.75 Å². The average molecular weight is 402 g/mol. The van der Waals surface area contributed by atoms with Crippen LogP contribution in [0, 0.1) is 0 Å². The molecule has 0 aliphatic carbocycles. The van der Waals surface area contributed by atoms with Crippen LogP contribution in [0.2, 0.25) is 0 Å². The first kappa shape index (κ1) is 21.1. The maximum absolute atomic E-state index is 12.9. The van der Waals surface area contributed by atoms with Gasteiger partial charge in [0.25, 0.3) is 0 Å². The Morgan fingerprint density at radius 1 is 0.929 bits per heavy atom. The molecule has 1 aliphatic rings. The smallest absolute Gasteiger partial charge is 0.341 e. The maximum Gasteiger partial charge on any atom is 0.407 e. The quantitative estimate of drug-likeness (QED) is 0.524. The first-order valence-electron chi connectivity index (χ1n) is 10.1. The van der Waals surface area contributed by atoms with Crippen molar-refractivity contribution in [2.75, 3.05) is 38.3 Å². The monoisotopic (exact) mass is 402 g/mol. The molecule has 0 unspecified atom stereocenters. The lowest BCUT2D eigenvalue weighted by atomic mass is 10.0. The standard InChI is InChI=1S/C22H31N2O3P/c1-4-26-28(25,27-5-2)23(3)17-10-18-24-21-13-8-6-11-19(21)15-16-20-12-7-9-14-22(20)24/h6-9,11-14H,4-5,10,15-18H2,1-3H3. The SMILES string of the molecule is CCOP(=O)(OCC)N(C)CCCN1c2ccccc2CCc2ccccc21. The summed E-state index contributed by atoms with van der Waals surface area (Å²) in [4.78, 5) is 2.40. The van der Waals surface area contributed by atoms with Crippen LogP contribution in [-0.2, 0) is 26.5 Å². The van der Waals surface area contributed by atoms with Crippen LogP contribution in [-0.4, -0.2) is 38.0 Å². The zero-order chi connectivity index (χ0) is 20.0. The second kappa shape index (κ2) is 9.71. The van der Waals surface area contributed by atoms with Crippen LogP contribution in [0.5, 0.6) is 0 Å². The van der Waals surface area contributed by atoms with E-state index in [4.69, 9.17) is 9.05 Å². The minimum Gasteiger partial charge on any atom is -0.341 e. The molecule has 0 saturated carbocycles. The minimum absolute atomic E-state index is 0.370. The molecule has 0 N–H and O–H groups in total. The topological polar surface area (TPSA) is 42.0 Å². The summed E-state index contributed by atoms with van der Waals surface area (Å²) in [6, 6.07) is 17.3. The molecule has 152 valence electrons. The van der Waals surface area contributed by atoms with Gasteiger partial charge in [-0.1, -0.05) is 36.4 Å². The number of rotatable bonds is 9. The Bertz CT molecular complexity index is 769. The number of aryl methyl sites for hydroxylation is 2. The Labute approximate surface area is 168 Å². The molecule has 1 heterocycles. The number of anilines is 2. The van der Waals surface area contributed by atoms with E-state index < -0.39 is 7.75 Å². The van der Waals surface area contributed by atoms with Crippen LogP contribution in [0.15, 0.2) is 48.5 Å². The molecule has 1 aliphatic heterocycles. The molecule has 0 saturated heterocycles. The van der Waals surface area contributed by atoms with Crippen molar-refractivity contribution in [3.8, 4) is 0 Å². The predicted octanol–water partition coefficient (Wildman–Crippen LogP) is 5.43. The number of benzene rings is 2. The third-order valence-corrected chi connectivity index (χ3v) is 7.30. The van der Waals surface area contributed by atoms with Crippen molar-refractivity contribution in [1.82, 2.24) is 4.67 Å². The summed E-state index contributed by atoms with van der Waals surface area (Å²) >= 11 is 0. The molecule has 3 rings (SSSR count). The van der Waals surface area contributed by atoms with E-state index in [1.165, 1.54) is 22.5 Å². The van der Waals surface area contributed by atoms with Gasteiger partial charge in [-0.3, -0.25) is 9.05 Å². The highest BCUT2D eigenvalue weighted by atomic mass is 31.2. The van der Waals surface area contributed by atoms with Gasteiger partial charge >= 0.3 is 7.75 Å². The fraction of sp³-hybridized carbons (Fsp3) is 0.455. The second-order valence-corrected chi connectivity index (χ2v) is 9.08. The molecule has 28 heavy (non-hydrogen) atoms. The highest BCUT2D eigenvalue weighted by Crippen LogP contribution is 2.50. The number of hydrogen-bond donors (Lipinski definition) is 0. The van der Waals surface area contributed by atoms with Gasteiger partial charge in [-0.2, -0.15) is 0 Å². The molecule has 0 aromatic heterocycles. The van der Waals surface area contributed by atoms with Gasteiger partial charge in [-0.25, -0.2) is 9.24 Å². The van der Waals surface area contributed by atoms with Gasteiger partial charge in [0.15, 0.2) is 0 Å². The van der Waals surface area contributed by atoms with Gasteiger partial charge in [0, 0.05) is 24.5 Å². The Morgan fingerprint density at radius 2 is 1.43 bits per heavy atom. The van der Waals surface area contributed by atoms with E-state index in [1.807, 2.05) is 20.9 Å². The fourth-order valence-electron chi connectivity index (χ4n) is 3.75. The van der Waals surface area contributed by atoms with E-state index in [1.54, 1.807) is 4.67 Å². The normalized spacial score (nSPS) is 13.9. The average Bonchev–Trinajstić information content (AvgIpc) is 2.86. The van der Waals surface area contributed by atoms with Crippen molar-refractivity contribution in [2.45, 2.75) is 33.1 Å². The Morgan fingerprint density at radius 3 is 1.93 bits per heavy atom. The number of para-hydroxylation sites is 2. The Kier molecular flexibility index (Phi) is 7.30. The van der Waals surface area contributed by atoms with Gasteiger partial charge in [-0.15, -0.1) is 0 Å². The summed E-state index contributed by atoms with van der Waals surface area (Å²) in [5, 5.41) is 0. The molecule has 5 nitrogen and oxygen atoms in total. The fourth-order valence-corrected chi connectivity index (χ4v) is 5.26. The van der Waals surface area contributed by atoms with E-state index in [9.17, 15) is 4.57 Å². The van der Waals surface area contributed by atoms with Crippen molar-refractivity contribution < 1.29 is 13.6 Å². The molecule has 0 spiro atoms. The third-order valence-electron chi connectivity index (χ3n) is 5.09. The molecule has 6 heteroatoms. The molecule has 0 bridgehead atoms. The first-order chi connectivity index (χ1) is 13.6. The summed E-state index contributed by atoms with van der Waals surface area (Å²) in [6.07, 6.45) is 2.95. The summed E-state index contributed by atoms with van der Waals surface area (Å²) in [5.74, 6) is 0. The van der Waals surface area contributed by atoms with Crippen LogP contribution in [0.3, 0.4) is 0 Å². The molecule has 2 aromatic rings. The van der Waals surface area contributed by atoms with Crippen LogP contribution in [0.1, 0.15) is 31.4 Å². The van der Waals surface area contributed by atoms with Crippen LogP contribution < -0.4 is 4.90 Å². The maximum atomic E-state index is 12.9.